The number of hydrogen-bond donors (Lipinski definition) is 5. The van der Waals surface area contributed by atoms with Crippen LogP contribution in [0.1, 0.15) is 26.3 Å². The monoisotopic (exact) mass is 620 g/mol. The van der Waals surface area contributed by atoms with E-state index in [2.05, 4.69) is 0 Å². The van der Waals surface area contributed by atoms with E-state index in [4.69, 9.17) is 23.7 Å². The van der Waals surface area contributed by atoms with Gasteiger partial charge in [0, 0.05) is 6.07 Å². The lowest BCUT2D eigenvalue weighted by atomic mass is 10.1. The van der Waals surface area contributed by atoms with Gasteiger partial charge in [0.1, 0.15) is 78.9 Å². The Hall–Kier alpha value is -5.46. The lowest BCUT2D eigenvalue weighted by molar-refractivity contribution is 0.0127. The molecule has 2 unspecified atom stereocenters. The van der Waals surface area contributed by atoms with Gasteiger partial charge in [0.25, 0.3) is 0 Å². The quantitative estimate of drug-likeness (QED) is 0.128. The summed E-state index contributed by atoms with van der Waals surface area (Å²) < 4.78 is 27.0. The number of aliphatic hydroxyl groups is 2. The molecule has 0 aromatic heterocycles. The van der Waals surface area contributed by atoms with Crippen LogP contribution in [-0.2, 0) is 9.47 Å². The Morgan fingerprint density at radius 1 is 0.556 bits per heavy atom. The minimum absolute atomic E-state index is 0.0494. The second-order valence-corrected chi connectivity index (χ2v) is 9.97. The van der Waals surface area contributed by atoms with E-state index in [1.165, 1.54) is 12.1 Å². The molecule has 0 saturated carbocycles. The molecule has 4 aromatic rings. The molecule has 4 aromatic carbocycles. The van der Waals surface area contributed by atoms with Gasteiger partial charge in [-0.05, 0) is 91.3 Å². The molecule has 0 spiro atoms. The molecule has 12 nitrogen and oxygen atoms in total. The van der Waals surface area contributed by atoms with Gasteiger partial charge in [0.05, 0.1) is 11.1 Å². The zero-order chi connectivity index (χ0) is 32.3. The molecule has 0 radical (unpaired) electrons. The van der Waals surface area contributed by atoms with Crippen molar-refractivity contribution in [1.82, 2.24) is 0 Å². The lowest BCUT2D eigenvalue weighted by Crippen LogP contribution is -2.25. The number of benzene rings is 4. The van der Waals surface area contributed by atoms with Crippen LogP contribution in [0, 0.1) is 6.92 Å². The van der Waals surface area contributed by atoms with Crippen LogP contribution >= 0.6 is 0 Å². The summed E-state index contributed by atoms with van der Waals surface area (Å²) >= 11 is 0. The summed E-state index contributed by atoms with van der Waals surface area (Å²) in [6, 6.07) is 21.0. The fraction of sp³-hybridized carbons (Fsp3) is 0.212. The van der Waals surface area contributed by atoms with Crippen LogP contribution in [0.2, 0.25) is 0 Å². The second kappa shape index (κ2) is 15.3. The molecule has 4 rings (SSSR count). The first kappa shape index (κ1) is 32.5. The highest BCUT2D eigenvalue weighted by atomic mass is 16.6. The van der Waals surface area contributed by atoms with Crippen LogP contribution < -0.4 is 14.2 Å². The Labute approximate surface area is 258 Å². The van der Waals surface area contributed by atoms with Gasteiger partial charge >= 0.3 is 11.9 Å². The van der Waals surface area contributed by atoms with Gasteiger partial charge < -0.3 is 49.2 Å². The van der Waals surface area contributed by atoms with Gasteiger partial charge in [-0.1, -0.05) is 0 Å². The van der Waals surface area contributed by atoms with Crippen molar-refractivity contribution in [2.45, 2.75) is 19.1 Å². The zero-order valence-corrected chi connectivity index (χ0v) is 24.2. The van der Waals surface area contributed by atoms with Gasteiger partial charge in [-0.15, -0.1) is 0 Å². The van der Waals surface area contributed by atoms with Crippen LogP contribution in [0.5, 0.6) is 40.2 Å². The van der Waals surface area contributed by atoms with Crippen LogP contribution in [0.25, 0.3) is 0 Å². The highest BCUT2D eigenvalue weighted by Gasteiger charge is 2.15. The van der Waals surface area contributed by atoms with Crippen LogP contribution in [0.15, 0.2) is 84.9 Å². The van der Waals surface area contributed by atoms with E-state index in [-0.39, 0.29) is 54.8 Å². The average molecular weight is 621 g/mol. The first-order valence-electron chi connectivity index (χ1n) is 13.7. The standard InChI is InChI=1S/C33H32O12/c1-20-10-21(12-23(34)11-20)32(39)43-18-26(37)16-41-28-2-6-30(7-3-28)45-31-8-4-29(5-9-31)42-17-27(38)19-44-33(40)22-13-24(35)15-25(36)14-22/h2-15,26-27,34-38H,16-19H2,1H3. The van der Waals surface area contributed by atoms with Gasteiger partial charge in [-0.25, -0.2) is 9.59 Å². The summed E-state index contributed by atoms with van der Waals surface area (Å²) in [5, 5.41) is 48.8. The number of aryl methyl sites for hydroxylation is 1. The third-order valence-electron chi connectivity index (χ3n) is 6.02. The Kier molecular flexibility index (Phi) is 11.0. The minimum Gasteiger partial charge on any atom is -0.508 e. The molecule has 5 N–H and O–H groups in total. The minimum atomic E-state index is -1.12. The number of phenolic OH excluding ortho intramolecular Hbond substituents is 3. The Bertz CT molecular complexity index is 1430. The number of carbonyl (C=O) groups excluding carboxylic acids is 2. The molecule has 0 aliphatic rings. The molecule has 0 aliphatic heterocycles. The summed E-state index contributed by atoms with van der Waals surface area (Å²) in [6.07, 6.45) is -2.19. The van der Waals surface area contributed by atoms with E-state index in [0.29, 0.717) is 28.6 Å². The van der Waals surface area contributed by atoms with Crippen molar-refractivity contribution < 1.29 is 58.8 Å². The SMILES string of the molecule is Cc1cc(O)cc(C(=O)OCC(O)COc2ccc(Oc3ccc(OCC(O)COC(=O)c4cc(O)cc(O)c4)cc3)cc2)c1. The average Bonchev–Trinajstić information content (AvgIpc) is 3.00. The normalized spacial score (nSPS) is 12.1. The van der Waals surface area contributed by atoms with E-state index in [9.17, 15) is 35.1 Å². The predicted octanol–water partition coefficient (Wildman–Crippen LogP) is 4.10. The molecular formula is C33H32O12. The van der Waals surface area contributed by atoms with Crippen molar-refractivity contribution in [1.29, 1.82) is 0 Å². The number of aromatic hydroxyl groups is 3. The molecule has 45 heavy (non-hydrogen) atoms. The molecule has 0 heterocycles. The van der Waals surface area contributed by atoms with Crippen molar-refractivity contribution in [3.63, 3.8) is 0 Å². The molecule has 236 valence electrons. The van der Waals surface area contributed by atoms with Gasteiger partial charge in [0.15, 0.2) is 0 Å². The van der Waals surface area contributed by atoms with E-state index in [1.54, 1.807) is 61.5 Å². The molecule has 0 bridgehead atoms. The fourth-order valence-electron chi connectivity index (χ4n) is 3.93. The van der Waals surface area contributed by atoms with E-state index >= 15 is 0 Å². The summed E-state index contributed by atoms with van der Waals surface area (Å²) in [7, 11) is 0. The van der Waals surface area contributed by atoms with Crippen molar-refractivity contribution >= 4 is 11.9 Å². The maximum Gasteiger partial charge on any atom is 0.338 e. The maximum atomic E-state index is 12.2. The van der Waals surface area contributed by atoms with Crippen molar-refractivity contribution in [3.8, 4) is 40.2 Å². The predicted molar refractivity (Wildman–Crippen MR) is 159 cm³/mol. The largest absolute Gasteiger partial charge is 0.508 e. The molecule has 2 atom stereocenters. The summed E-state index contributed by atoms with van der Waals surface area (Å²) in [5.74, 6) is -0.192. The van der Waals surface area contributed by atoms with E-state index in [1.807, 2.05) is 0 Å². The molecule has 0 amide bonds. The zero-order valence-electron chi connectivity index (χ0n) is 24.2. The second-order valence-electron chi connectivity index (χ2n) is 9.97. The third-order valence-corrected chi connectivity index (χ3v) is 6.02. The number of phenols is 3. The van der Waals surface area contributed by atoms with Gasteiger partial charge in [-0.3, -0.25) is 0 Å². The number of esters is 2. The van der Waals surface area contributed by atoms with Crippen molar-refractivity contribution in [3.05, 3.63) is 102 Å². The summed E-state index contributed by atoms with van der Waals surface area (Å²) in [5.41, 5.74) is 0.824. The highest BCUT2D eigenvalue weighted by Crippen LogP contribution is 2.26. The topological polar surface area (TPSA) is 181 Å². The first-order chi connectivity index (χ1) is 21.5. The van der Waals surface area contributed by atoms with Crippen molar-refractivity contribution in [2.75, 3.05) is 26.4 Å². The van der Waals surface area contributed by atoms with Gasteiger partial charge in [-0.2, -0.15) is 0 Å². The summed E-state index contributed by atoms with van der Waals surface area (Å²) in [4.78, 5) is 24.2. The van der Waals surface area contributed by atoms with Gasteiger partial charge in [0.2, 0.25) is 0 Å². The molecule has 0 aliphatic carbocycles. The van der Waals surface area contributed by atoms with Crippen LogP contribution in [0.4, 0.5) is 0 Å². The number of hydrogen-bond acceptors (Lipinski definition) is 12. The third kappa shape index (κ3) is 10.3. The van der Waals surface area contributed by atoms with E-state index < -0.39 is 24.1 Å². The number of rotatable bonds is 14. The fourth-order valence-corrected chi connectivity index (χ4v) is 3.93. The molecular weight excluding hydrogens is 588 g/mol. The van der Waals surface area contributed by atoms with Crippen LogP contribution in [0.3, 0.4) is 0 Å². The Balaban J connectivity index is 1.15. The Morgan fingerprint density at radius 2 is 0.933 bits per heavy atom. The first-order valence-corrected chi connectivity index (χ1v) is 13.7. The number of ether oxygens (including phenoxy) is 5. The van der Waals surface area contributed by atoms with Crippen molar-refractivity contribution in [2.24, 2.45) is 0 Å². The summed E-state index contributed by atoms with van der Waals surface area (Å²) in [6.45, 7) is 0.816. The van der Waals surface area contributed by atoms with Crippen LogP contribution in [-0.4, -0.2) is 76.1 Å². The smallest absolute Gasteiger partial charge is 0.338 e. The highest BCUT2D eigenvalue weighted by molar-refractivity contribution is 5.90. The number of aliphatic hydroxyl groups excluding tert-OH is 2. The maximum absolute atomic E-state index is 12.2. The number of carbonyl (C=O) groups is 2. The molecule has 0 saturated heterocycles. The van der Waals surface area contributed by atoms with E-state index in [0.717, 1.165) is 18.2 Å². The molecule has 0 fully saturated rings. The molecule has 12 heteroatoms. The Morgan fingerprint density at radius 3 is 1.36 bits per heavy atom. The lowest BCUT2D eigenvalue weighted by Gasteiger charge is -2.14.